The molecule has 0 saturated heterocycles. The second-order valence-corrected chi connectivity index (χ2v) is 5.17. The second-order valence-electron chi connectivity index (χ2n) is 4.26. The van der Waals surface area contributed by atoms with E-state index in [1.54, 1.807) is 0 Å². The van der Waals surface area contributed by atoms with Crippen LogP contribution in [0, 0.1) is 6.92 Å². The topological polar surface area (TPSA) is 29.9 Å². The summed E-state index contributed by atoms with van der Waals surface area (Å²) in [6.45, 7) is 6.57. The van der Waals surface area contributed by atoms with Gasteiger partial charge in [0.1, 0.15) is 0 Å². The summed E-state index contributed by atoms with van der Waals surface area (Å²) in [6, 6.07) is 0.968. The standard InChI is InChI=1S/C12H23N3S/c1-6-11(8-16-5)14-9(2)12-7-13-15(4)10(12)3/h7,9,11,14H,6,8H2,1-5H3. The van der Waals surface area contributed by atoms with E-state index < -0.39 is 0 Å². The van der Waals surface area contributed by atoms with E-state index in [2.05, 4.69) is 37.4 Å². The molecule has 0 radical (unpaired) electrons. The van der Waals surface area contributed by atoms with E-state index in [9.17, 15) is 0 Å². The van der Waals surface area contributed by atoms with Crippen molar-refractivity contribution in [3.05, 3.63) is 17.5 Å². The Morgan fingerprint density at radius 1 is 1.56 bits per heavy atom. The van der Waals surface area contributed by atoms with Crippen LogP contribution < -0.4 is 5.32 Å². The highest BCUT2D eigenvalue weighted by molar-refractivity contribution is 7.98. The summed E-state index contributed by atoms with van der Waals surface area (Å²) in [6.07, 6.45) is 5.30. The Kier molecular flexibility index (Phi) is 5.35. The van der Waals surface area contributed by atoms with Crippen molar-refractivity contribution >= 4 is 11.8 Å². The Morgan fingerprint density at radius 2 is 2.25 bits per heavy atom. The molecule has 4 heteroatoms. The number of aryl methyl sites for hydroxylation is 1. The highest BCUT2D eigenvalue weighted by Gasteiger charge is 2.15. The molecule has 1 heterocycles. The van der Waals surface area contributed by atoms with Crippen molar-refractivity contribution in [3.8, 4) is 0 Å². The third-order valence-corrected chi connectivity index (χ3v) is 3.82. The lowest BCUT2D eigenvalue weighted by Gasteiger charge is -2.21. The lowest BCUT2D eigenvalue weighted by molar-refractivity contribution is 0.473. The summed E-state index contributed by atoms with van der Waals surface area (Å²) in [5.74, 6) is 1.17. The number of aromatic nitrogens is 2. The fourth-order valence-electron chi connectivity index (χ4n) is 1.87. The van der Waals surface area contributed by atoms with Gasteiger partial charge >= 0.3 is 0 Å². The van der Waals surface area contributed by atoms with Crippen LogP contribution in [0.4, 0.5) is 0 Å². The first kappa shape index (κ1) is 13.6. The number of nitrogens with zero attached hydrogens (tertiary/aromatic N) is 2. The average Bonchev–Trinajstić information content (AvgIpc) is 2.59. The summed E-state index contributed by atoms with van der Waals surface area (Å²) in [4.78, 5) is 0. The molecule has 92 valence electrons. The molecule has 1 N–H and O–H groups in total. The molecule has 0 aromatic carbocycles. The van der Waals surface area contributed by atoms with Gasteiger partial charge in [0.25, 0.3) is 0 Å². The Morgan fingerprint density at radius 3 is 2.69 bits per heavy atom. The zero-order valence-corrected chi connectivity index (χ0v) is 11.8. The maximum Gasteiger partial charge on any atom is 0.0540 e. The van der Waals surface area contributed by atoms with Gasteiger partial charge in [-0.1, -0.05) is 6.92 Å². The molecule has 0 aliphatic carbocycles. The van der Waals surface area contributed by atoms with Gasteiger partial charge in [-0.2, -0.15) is 16.9 Å². The van der Waals surface area contributed by atoms with Crippen LogP contribution in [-0.4, -0.2) is 27.8 Å². The first-order valence-electron chi connectivity index (χ1n) is 5.83. The zero-order chi connectivity index (χ0) is 12.1. The molecular weight excluding hydrogens is 218 g/mol. The molecular formula is C12H23N3S. The first-order valence-corrected chi connectivity index (χ1v) is 7.23. The van der Waals surface area contributed by atoms with E-state index >= 15 is 0 Å². The van der Waals surface area contributed by atoms with Crippen molar-refractivity contribution in [1.29, 1.82) is 0 Å². The first-order chi connectivity index (χ1) is 7.60. The van der Waals surface area contributed by atoms with Crippen molar-refractivity contribution < 1.29 is 0 Å². The van der Waals surface area contributed by atoms with Gasteiger partial charge in [0, 0.05) is 36.1 Å². The molecule has 0 aliphatic heterocycles. The molecule has 1 aromatic heterocycles. The number of thioether (sulfide) groups is 1. The molecule has 0 spiro atoms. The molecule has 1 aromatic rings. The van der Waals surface area contributed by atoms with E-state index in [0.717, 1.165) is 0 Å². The Labute approximate surface area is 103 Å². The maximum absolute atomic E-state index is 4.29. The molecule has 16 heavy (non-hydrogen) atoms. The monoisotopic (exact) mass is 241 g/mol. The maximum atomic E-state index is 4.29. The molecule has 0 bridgehead atoms. The fourth-order valence-corrected chi connectivity index (χ4v) is 2.60. The van der Waals surface area contributed by atoms with E-state index in [1.165, 1.54) is 23.4 Å². The van der Waals surface area contributed by atoms with Crippen molar-refractivity contribution in [2.24, 2.45) is 7.05 Å². The second kappa shape index (κ2) is 6.30. The van der Waals surface area contributed by atoms with Gasteiger partial charge in [0.2, 0.25) is 0 Å². The summed E-state index contributed by atoms with van der Waals surface area (Å²) in [5.41, 5.74) is 2.56. The minimum atomic E-state index is 0.380. The van der Waals surface area contributed by atoms with Crippen LogP contribution >= 0.6 is 11.8 Å². The molecule has 3 nitrogen and oxygen atoms in total. The van der Waals surface area contributed by atoms with Gasteiger partial charge in [0.15, 0.2) is 0 Å². The Hall–Kier alpha value is -0.480. The third-order valence-electron chi connectivity index (χ3n) is 3.09. The lowest BCUT2D eigenvalue weighted by atomic mass is 10.1. The fraction of sp³-hybridized carbons (Fsp3) is 0.750. The van der Waals surface area contributed by atoms with Crippen LogP contribution in [0.1, 0.15) is 37.6 Å². The smallest absolute Gasteiger partial charge is 0.0540 e. The highest BCUT2D eigenvalue weighted by Crippen LogP contribution is 2.17. The van der Waals surface area contributed by atoms with Crippen LogP contribution in [0.25, 0.3) is 0 Å². The number of hydrogen-bond acceptors (Lipinski definition) is 3. The van der Waals surface area contributed by atoms with Gasteiger partial charge in [-0.15, -0.1) is 0 Å². The van der Waals surface area contributed by atoms with Crippen molar-refractivity contribution in [1.82, 2.24) is 15.1 Å². The SMILES string of the molecule is CCC(CSC)NC(C)c1cnn(C)c1C. The van der Waals surface area contributed by atoms with E-state index in [-0.39, 0.29) is 0 Å². The van der Waals surface area contributed by atoms with E-state index in [0.29, 0.717) is 12.1 Å². The van der Waals surface area contributed by atoms with Crippen LogP contribution in [-0.2, 0) is 7.05 Å². The van der Waals surface area contributed by atoms with Crippen molar-refractivity contribution in [3.63, 3.8) is 0 Å². The minimum Gasteiger partial charge on any atom is -0.307 e. The van der Waals surface area contributed by atoms with Gasteiger partial charge in [-0.3, -0.25) is 4.68 Å². The number of hydrogen-bond donors (Lipinski definition) is 1. The molecule has 2 unspecified atom stereocenters. The van der Waals surface area contributed by atoms with Crippen LogP contribution in [0.5, 0.6) is 0 Å². The predicted molar refractivity (Wildman–Crippen MR) is 72.0 cm³/mol. The summed E-state index contributed by atoms with van der Waals surface area (Å²) in [5, 5.41) is 7.95. The normalized spacial score (nSPS) is 15.1. The Bertz CT molecular complexity index is 322. The highest BCUT2D eigenvalue weighted by atomic mass is 32.2. The summed E-state index contributed by atoms with van der Waals surface area (Å²) >= 11 is 1.90. The molecule has 0 amide bonds. The Balaban J connectivity index is 2.64. The zero-order valence-electron chi connectivity index (χ0n) is 10.9. The van der Waals surface area contributed by atoms with Crippen LogP contribution in [0.15, 0.2) is 6.20 Å². The van der Waals surface area contributed by atoms with Crippen molar-refractivity contribution in [2.75, 3.05) is 12.0 Å². The molecule has 2 atom stereocenters. The van der Waals surface area contributed by atoms with E-state index in [1.807, 2.05) is 29.7 Å². The van der Waals surface area contributed by atoms with E-state index in [4.69, 9.17) is 0 Å². The van der Waals surface area contributed by atoms with Crippen LogP contribution in [0.2, 0.25) is 0 Å². The minimum absolute atomic E-state index is 0.380. The van der Waals surface area contributed by atoms with Crippen LogP contribution in [0.3, 0.4) is 0 Å². The lowest BCUT2D eigenvalue weighted by Crippen LogP contribution is -2.33. The summed E-state index contributed by atoms with van der Waals surface area (Å²) < 4.78 is 1.93. The molecule has 0 aliphatic rings. The van der Waals surface area contributed by atoms with Gasteiger partial charge in [0.05, 0.1) is 6.20 Å². The molecule has 1 rings (SSSR count). The summed E-state index contributed by atoms with van der Waals surface area (Å²) in [7, 11) is 1.99. The predicted octanol–water partition coefficient (Wildman–Crippen LogP) is 2.52. The van der Waals surface area contributed by atoms with Gasteiger partial charge < -0.3 is 5.32 Å². The van der Waals surface area contributed by atoms with Crippen molar-refractivity contribution in [2.45, 2.75) is 39.3 Å². The number of nitrogens with one attached hydrogen (secondary N) is 1. The largest absolute Gasteiger partial charge is 0.307 e. The number of rotatable bonds is 6. The molecule has 0 saturated carbocycles. The molecule has 0 fully saturated rings. The van der Waals surface area contributed by atoms with Gasteiger partial charge in [-0.05, 0) is 26.5 Å². The quantitative estimate of drug-likeness (QED) is 0.830. The average molecular weight is 241 g/mol. The third kappa shape index (κ3) is 3.25. The van der Waals surface area contributed by atoms with Gasteiger partial charge in [-0.25, -0.2) is 0 Å².